The lowest BCUT2D eigenvalue weighted by Gasteiger charge is -2.33. The molecule has 1 heterocycles. The van der Waals surface area contributed by atoms with Gasteiger partial charge in [-0.1, -0.05) is 87.1 Å². The van der Waals surface area contributed by atoms with Crippen LogP contribution in [0.15, 0.2) is 72.8 Å². The molecule has 198 valence electrons. The topological polar surface area (TPSA) is 43.2 Å². The fourth-order valence-electron chi connectivity index (χ4n) is 6.27. The van der Waals surface area contributed by atoms with E-state index >= 15 is 0 Å². The van der Waals surface area contributed by atoms with Crippen molar-refractivity contribution >= 4 is 28.7 Å². The largest absolute Gasteiger partial charge is 0.372 e. The van der Waals surface area contributed by atoms with Crippen molar-refractivity contribution in [1.29, 1.82) is 0 Å². The molecule has 2 aliphatic carbocycles. The molecule has 0 unspecified atom stereocenters. The number of nitrogens with zero attached hydrogens (tertiary/aromatic N) is 1. The Morgan fingerprint density at radius 1 is 0.763 bits per heavy atom. The zero-order valence-electron chi connectivity index (χ0n) is 23.3. The molecular weight excluding hydrogens is 462 g/mol. The monoisotopic (exact) mass is 506 g/mol. The zero-order chi connectivity index (χ0) is 26.3. The standard InChI is InChI=1S/C29H30N2.C6H13N/c1-21-29(27-14-8-9-15-28(27)30-21)26-13-7-6-10-23(26)20-22-16-18-25(19-17-22)31(2)24-11-4-3-5-12-24;7-6-4-2-1-3-5-6/h6-10,13-20,24H,3-5,11-12H2,1-2H3;6H,1-5,7H2/p+1. The van der Waals surface area contributed by atoms with Gasteiger partial charge in [0.2, 0.25) is 5.69 Å². The van der Waals surface area contributed by atoms with Crippen molar-refractivity contribution in [1.82, 2.24) is 0 Å². The summed E-state index contributed by atoms with van der Waals surface area (Å²) in [6.07, 6.45) is 15.7. The molecule has 3 aliphatic rings. The molecule has 2 saturated carbocycles. The van der Waals surface area contributed by atoms with Crippen LogP contribution in [0.25, 0.3) is 11.6 Å². The Morgan fingerprint density at radius 3 is 2.08 bits per heavy atom. The number of rotatable bonds is 3. The molecule has 0 atom stereocenters. The lowest BCUT2D eigenvalue weighted by molar-refractivity contribution is -0.349. The second-order valence-corrected chi connectivity index (χ2v) is 11.3. The lowest BCUT2D eigenvalue weighted by Crippen LogP contribution is -2.63. The van der Waals surface area contributed by atoms with Gasteiger partial charge in [0, 0.05) is 37.8 Å². The average Bonchev–Trinajstić information content (AvgIpc) is 3.30. The summed E-state index contributed by atoms with van der Waals surface area (Å²) in [7, 11) is 2.25. The van der Waals surface area contributed by atoms with Gasteiger partial charge in [0.1, 0.15) is 0 Å². The van der Waals surface area contributed by atoms with E-state index in [-0.39, 0.29) is 0 Å². The van der Waals surface area contributed by atoms with Gasteiger partial charge in [-0.25, -0.2) is 4.99 Å². The van der Waals surface area contributed by atoms with Crippen LogP contribution in [0.3, 0.4) is 0 Å². The Bertz CT molecular complexity index is 1360. The van der Waals surface area contributed by atoms with E-state index in [1.807, 2.05) is 0 Å². The third-order valence-corrected chi connectivity index (χ3v) is 8.52. The van der Waals surface area contributed by atoms with Crippen molar-refractivity contribution < 1.29 is 4.99 Å². The first-order valence-corrected chi connectivity index (χ1v) is 14.7. The molecule has 0 amide bonds. The fourth-order valence-corrected chi connectivity index (χ4v) is 6.27. The third kappa shape index (κ3) is 6.27. The Hall–Kier alpha value is -3.17. The molecule has 3 N–H and O–H groups in total. The third-order valence-electron chi connectivity index (χ3n) is 8.52. The molecule has 0 radical (unpaired) electrons. The van der Waals surface area contributed by atoms with Crippen LogP contribution < -0.4 is 26.1 Å². The van der Waals surface area contributed by atoms with Gasteiger partial charge < -0.3 is 10.6 Å². The molecule has 0 bridgehead atoms. The zero-order valence-corrected chi connectivity index (χ0v) is 23.3. The summed E-state index contributed by atoms with van der Waals surface area (Å²) in [6.45, 7) is 2.17. The van der Waals surface area contributed by atoms with Crippen LogP contribution in [-0.4, -0.2) is 24.8 Å². The second-order valence-electron chi connectivity index (χ2n) is 11.3. The second kappa shape index (κ2) is 12.6. The molecule has 0 aromatic heterocycles. The Labute approximate surface area is 228 Å². The first-order chi connectivity index (χ1) is 18.6. The number of anilines is 1. The van der Waals surface area contributed by atoms with Crippen LogP contribution in [0.1, 0.15) is 82.3 Å². The molecule has 0 spiro atoms. The molecule has 38 heavy (non-hydrogen) atoms. The molecule has 2 fully saturated rings. The van der Waals surface area contributed by atoms with Gasteiger partial charge in [0.05, 0.1) is 11.1 Å². The molecular formula is C35H44N3+. The SMILES string of the molecule is CC1=[NH+]c2ccccc2C1=c1ccccc1=Cc1ccc(N(C)C2CCCCC2)cc1.NC1CCCCC1. The summed E-state index contributed by atoms with van der Waals surface area (Å²) in [5.74, 6) is 0. The quantitative estimate of drug-likeness (QED) is 0.528. The molecule has 1 aliphatic heterocycles. The molecule has 3 aromatic rings. The summed E-state index contributed by atoms with van der Waals surface area (Å²) >= 11 is 0. The summed E-state index contributed by atoms with van der Waals surface area (Å²) in [4.78, 5) is 6.03. The van der Waals surface area contributed by atoms with Crippen LogP contribution in [-0.2, 0) is 0 Å². The minimum absolute atomic E-state index is 0.536. The van der Waals surface area contributed by atoms with Gasteiger partial charge in [-0.3, -0.25) is 0 Å². The Morgan fingerprint density at radius 2 is 1.39 bits per heavy atom. The number of fused-ring (bicyclic) bond motifs is 1. The van der Waals surface area contributed by atoms with E-state index < -0.39 is 0 Å². The first-order valence-electron chi connectivity index (χ1n) is 14.7. The number of nitrogens with one attached hydrogen (secondary N) is 1. The van der Waals surface area contributed by atoms with Gasteiger partial charge in [-0.05, 0) is 66.0 Å². The van der Waals surface area contributed by atoms with E-state index in [1.165, 1.54) is 108 Å². The molecule has 6 rings (SSSR count). The number of hydrogen-bond donors (Lipinski definition) is 2. The Kier molecular flexibility index (Phi) is 8.75. The minimum Gasteiger partial charge on any atom is -0.372 e. The van der Waals surface area contributed by atoms with E-state index in [1.54, 1.807) is 0 Å². The predicted octanol–water partition coefficient (Wildman–Crippen LogP) is 4.95. The highest BCUT2D eigenvalue weighted by molar-refractivity contribution is 6.22. The van der Waals surface area contributed by atoms with Gasteiger partial charge in [0.25, 0.3) is 0 Å². The minimum atomic E-state index is 0.536. The molecule has 0 saturated heterocycles. The highest BCUT2D eigenvalue weighted by Crippen LogP contribution is 2.26. The summed E-state index contributed by atoms with van der Waals surface area (Å²) in [5, 5.41) is 2.53. The molecule has 3 nitrogen and oxygen atoms in total. The van der Waals surface area contributed by atoms with E-state index in [0.29, 0.717) is 12.1 Å². The first kappa shape index (κ1) is 26.4. The number of hydrogen-bond acceptors (Lipinski definition) is 2. The van der Waals surface area contributed by atoms with Gasteiger partial charge in [-0.15, -0.1) is 0 Å². The van der Waals surface area contributed by atoms with Crippen LogP contribution in [0.5, 0.6) is 0 Å². The van der Waals surface area contributed by atoms with Crippen molar-refractivity contribution in [3.8, 4) is 0 Å². The maximum absolute atomic E-state index is 5.63. The maximum atomic E-state index is 5.63. The number of nitrogens with two attached hydrogens (primary N) is 1. The molecule has 3 heteroatoms. The normalized spacial score (nSPS) is 19.9. The van der Waals surface area contributed by atoms with E-state index in [4.69, 9.17) is 5.73 Å². The predicted molar refractivity (Wildman–Crippen MR) is 162 cm³/mol. The van der Waals surface area contributed by atoms with Crippen molar-refractivity contribution in [2.24, 2.45) is 5.73 Å². The van der Waals surface area contributed by atoms with Crippen LogP contribution >= 0.6 is 0 Å². The lowest BCUT2D eigenvalue weighted by atomic mass is 9.94. The van der Waals surface area contributed by atoms with E-state index in [0.717, 1.165) is 0 Å². The molecule has 3 aromatic carbocycles. The Balaban J connectivity index is 0.000000366. The highest BCUT2D eigenvalue weighted by atomic mass is 15.1. The van der Waals surface area contributed by atoms with Crippen molar-refractivity contribution in [3.63, 3.8) is 0 Å². The number of benzene rings is 3. The summed E-state index contributed by atoms with van der Waals surface area (Å²) in [6, 6.07) is 27.6. The van der Waals surface area contributed by atoms with Crippen LogP contribution in [0, 0.1) is 0 Å². The van der Waals surface area contributed by atoms with Gasteiger partial charge in [0.15, 0.2) is 5.71 Å². The van der Waals surface area contributed by atoms with Crippen LogP contribution in [0.4, 0.5) is 11.4 Å². The van der Waals surface area contributed by atoms with Crippen molar-refractivity contribution in [2.75, 3.05) is 11.9 Å². The van der Waals surface area contributed by atoms with Crippen LogP contribution in [0.2, 0.25) is 0 Å². The van der Waals surface area contributed by atoms with E-state index in [2.05, 4.69) is 103 Å². The summed E-state index contributed by atoms with van der Waals surface area (Å²) < 4.78 is 0. The smallest absolute Gasteiger partial charge is 0.211 e. The maximum Gasteiger partial charge on any atom is 0.211 e. The van der Waals surface area contributed by atoms with E-state index in [9.17, 15) is 0 Å². The highest BCUT2D eigenvalue weighted by Gasteiger charge is 2.24. The van der Waals surface area contributed by atoms with Crippen molar-refractivity contribution in [2.45, 2.75) is 83.2 Å². The van der Waals surface area contributed by atoms with Crippen molar-refractivity contribution in [3.05, 3.63) is 94.4 Å². The fraction of sp³-hybridized carbons (Fsp3) is 0.400. The van der Waals surface area contributed by atoms with Gasteiger partial charge in [-0.2, -0.15) is 0 Å². The van der Waals surface area contributed by atoms with Gasteiger partial charge >= 0.3 is 0 Å². The summed E-state index contributed by atoms with van der Waals surface area (Å²) in [5.41, 5.74) is 13.2. The average molecular weight is 507 g/mol. The number of para-hydroxylation sites is 1.